The quantitative estimate of drug-likeness (QED) is 0.469. The van der Waals surface area contributed by atoms with Gasteiger partial charge in [0.15, 0.2) is 0 Å². The average Bonchev–Trinajstić information content (AvgIpc) is 2.43. The van der Waals surface area contributed by atoms with Gasteiger partial charge in [0.1, 0.15) is 0 Å². The highest BCUT2D eigenvalue weighted by molar-refractivity contribution is 6.17. The van der Waals surface area contributed by atoms with E-state index in [0.29, 0.717) is 17.9 Å². The second kappa shape index (κ2) is 6.22. The van der Waals surface area contributed by atoms with Gasteiger partial charge in [-0.25, -0.2) is 4.79 Å². The van der Waals surface area contributed by atoms with Crippen molar-refractivity contribution >= 4 is 28.3 Å². The molecule has 0 saturated carbocycles. The van der Waals surface area contributed by atoms with Crippen LogP contribution in [0.15, 0.2) is 54.8 Å². The Morgan fingerprint density at radius 2 is 1.94 bits per heavy atom. The molecule has 0 radical (unpaired) electrons. The van der Waals surface area contributed by atoms with Crippen LogP contribution in [0.1, 0.15) is 16.8 Å². The zero-order chi connectivity index (χ0) is 12.8. The van der Waals surface area contributed by atoms with Crippen molar-refractivity contribution in [3.05, 3.63) is 60.4 Å². The molecule has 0 unspecified atom stereocenters. The maximum absolute atomic E-state index is 11.9. The number of esters is 1. The number of rotatable bonds is 4. The van der Waals surface area contributed by atoms with E-state index in [2.05, 4.69) is 0 Å². The summed E-state index contributed by atoms with van der Waals surface area (Å²) < 4.78 is 5.06. The second-order valence-corrected chi connectivity index (χ2v) is 4.16. The molecule has 2 nitrogen and oxygen atoms in total. The summed E-state index contributed by atoms with van der Waals surface area (Å²) in [6.07, 6.45) is 3.81. The first-order chi connectivity index (χ1) is 8.83. The van der Waals surface area contributed by atoms with Gasteiger partial charge in [-0.3, -0.25) is 0 Å². The number of allylic oxidation sites excluding steroid dienone is 1. The maximum atomic E-state index is 11.9. The minimum absolute atomic E-state index is 0.349. The number of alkyl halides is 1. The molecule has 0 bridgehead atoms. The number of benzene rings is 2. The Hall–Kier alpha value is -1.80. The average molecular weight is 261 g/mol. The Morgan fingerprint density at radius 3 is 2.78 bits per heavy atom. The van der Waals surface area contributed by atoms with E-state index in [-0.39, 0.29) is 5.97 Å². The molecule has 0 aliphatic carbocycles. The molecule has 0 N–H and O–H groups in total. The van der Waals surface area contributed by atoms with Gasteiger partial charge >= 0.3 is 5.97 Å². The molecule has 2 aromatic carbocycles. The molecule has 0 heterocycles. The van der Waals surface area contributed by atoms with Gasteiger partial charge in [-0.15, -0.1) is 11.6 Å². The summed E-state index contributed by atoms with van der Waals surface area (Å²) in [5.74, 6) is 0.167. The second-order valence-electron chi connectivity index (χ2n) is 3.78. The summed E-state index contributed by atoms with van der Waals surface area (Å²) >= 11 is 5.52. The normalized spacial score (nSPS) is 10.9. The van der Waals surface area contributed by atoms with Crippen LogP contribution in [-0.4, -0.2) is 11.8 Å². The van der Waals surface area contributed by atoms with E-state index in [1.807, 2.05) is 36.4 Å². The molecule has 0 saturated heterocycles. The highest BCUT2D eigenvalue weighted by atomic mass is 35.5. The summed E-state index contributed by atoms with van der Waals surface area (Å²) in [7, 11) is 0. The molecule has 2 rings (SSSR count). The van der Waals surface area contributed by atoms with Gasteiger partial charge in [-0.1, -0.05) is 36.4 Å². The third-order valence-corrected chi connectivity index (χ3v) is 2.77. The Labute approximate surface area is 111 Å². The Balaban J connectivity index is 2.22. The highest BCUT2D eigenvalue weighted by Gasteiger charge is 2.09. The minimum Gasteiger partial charge on any atom is -0.431 e. The van der Waals surface area contributed by atoms with E-state index >= 15 is 0 Å². The van der Waals surface area contributed by atoms with E-state index in [9.17, 15) is 4.79 Å². The SMILES string of the molecule is O=C(OC=CCCCl)c1cccc2ccccc12. The largest absolute Gasteiger partial charge is 0.431 e. The predicted octanol–water partition coefficient (Wildman–Crippen LogP) is 4.14. The summed E-state index contributed by atoms with van der Waals surface area (Å²) in [4.78, 5) is 11.9. The number of hydrogen-bond donors (Lipinski definition) is 0. The summed E-state index contributed by atoms with van der Waals surface area (Å²) in [5.41, 5.74) is 0.573. The first-order valence-electron chi connectivity index (χ1n) is 5.72. The lowest BCUT2D eigenvalue weighted by Gasteiger charge is -2.04. The topological polar surface area (TPSA) is 26.3 Å². The molecular formula is C15H13ClO2. The van der Waals surface area contributed by atoms with Gasteiger partial charge < -0.3 is 4.74 Å². The van der Waals surface area contributed by atoms with E-state index in [1.165, 1.54) is 6.26 Å². The zero-order valence-corrected chi connectivity index (χ0v) is 10.6. The third-order valence-electron chi connectivity index (χ3n) is 2.56. The van der Waals surface area contributed by atoms with Gasteiger partial charge in [-0.05, 0) is 29.3 Å². The van der Waals surface area contributed by atoms with Gasteiger partial charge in [0.25, 0.3) is 0 Å². The molecule has 0 aliphatic heterocycles. The van der Waals surface area contributed by atoms with Crippen molar-refractivity contribution in [2.24, 2.45) is 0 Å². The van der Waals surface area contributed by atoms with Crippen molar-refractivity contribution in [3.63, 3.8) is 0 Å². The maximum Gasteiger partial charge on any atom is 0.343 e. The molecular weight excluding hydrogens is 248 g/mol. The number of fused-ring (bicyclic) bond motifs is 1. The smallest absolute Gasteiger partial charge is 0.343 e. The van der Waals surface area contributed by atoms with Crippen LogP contribution in [0.5, 0.6) is 0 Å². The Bertz CT molecular complexity index is 570. The predicted molar refractivity (Wildman–Crippen MR) is 73.8 cm³/mol. The molecule has 92 valence electrons. The fraction of sp³-hybridized carbons (Fsp3) is 0.133. The lowest BCUT2D eigenvalue weighted by atomic mass is 10.1. The van der Waals surface area contributed by atoms with Gasteiger partial charge in [0.2, 0.25) is 0 Å². The van der Waals surface area contributed by atoms with Crippen LogP contribution in [0.4, 0.5) is 0 Å². The number of carbonyl (C=O) groups is 1. The first kappa shape index (κ1) is 12.7. The highest BCUT2D eigenvalue weighted by Crippen LogP contribution is 2.19. The molecule has 0 aliphatic rings. The number of carbonyl (C=O) groups excluding carboxylic acids is 1. The van der Waals surface area contributed by atoms with E-state index < -0.39 is 0 Å². The number of hydrogen-bond acceptors (Lipinski definition) is 2. The molecule has 0 spiro atoms. The van der Waals surface area contributed by atoms with Gasteiger partial charge in [-0.2, -0.15) is 0 Å². The molecule has 0 amide bonds. The van der Waals surface area contributed by atoms with Crippen molar-refractivity contribution in [3.8, 4) is 0 Å². The van der Waals surface area contributed by atoms with Crippen LogP contribution in [0.3, 0.4) is 0 Å². The molecule has 18 heavy (non-hydrogen) atoms. The fourth-order valence-corrected chi connectivity index (χ4v) is 1.83. The monoisotopic (exact) mass is 260 g/mol. The van der Waals surface area contributed by atoms with Crippen LogP contribution in [-0.2, 0) is 4.74 Å². The lowest BCUT2D eigenvalue weighted by Crippen LogP contribution is -2.01. The Kier molecular flexibility index (Phi) is 4.37. The lowest BCUT2D eigenvalue weighted by molar-refractivity contribution is 0.0664. The first-order valence-corrected chi connectivity index (χ1v) is 6.26. The minimum atomic E-state index is -0.349. The number of halogens is 1. The molecule has 2 aromatic rings. The molecule has 0 fully saturated rings. The summed E-state index contributed by atoms with van der Waals surface area (Å²) in [5, 5.41) is 1.92. The van der Waals surface area contributed by atoms with E-state index in [0.717, 1.165) is 10.8 Å². The van der Waals surface area contributed by atoms with Crippen LogP contribution in [0, 0.1) is 0 Å². The standard InChI is InChI=1S/C15H13ClO2/c16-10-3-4-11-18-15(17)14-9-5-7-12-6-1-2-8-13(12)14/h1-2,4-9,11H,3,10H2. The van der Waals surface area contributed by atoms with Crippen LogP contribution >= 0.6 is 11.6 Å². The van der Waals surface area contributed by atoms with Crippen molar-refractivity contribution in [1.29, 1.82) is 0 Å². The van der Waals surface area contributed by atoms with Crippen LogP contribution < -0.4 is 0 Å². The van der Waals surface area contributed by atoms with Crippen molar-refractivity contribution in [2.75, 3.05) is 5.88 Å². The molecule has 0 atom stereocenters. The van der Waals surface area contributed by atoms with Gasteiger partial charge in [0.05, 0.1) is 11.8 Å². The zero-order valence-electron chi connectivity index (χ0n) is 9.80. The molecule has 0 aromatic heterocycles. The van der Waals surface area contributed by atoms with Crippen molar-refractivity contribution < 1.29 is 9.53 Å². The van der Waals surface area contributed by atoms with E-state index in [1.54, 1.807) is 12.1 Å². The molecule has 3 heteroatoms. The summed E-state index contributed by atoms with van der Waals surface area (Å²) in [6.45, 7) is 0. The van der Waals surface area contributed by atoms with Crippen molar-refractivity contribution in [1.82, 2.24) is 0 Å². The summed E-state index contributed by atoms with van der Waals surface area (Å²) in [6, 6.07) is 13.3. The number of ether oxygens (including phenoxy) is 1. The van der Waals surface area contributed by atoms with Crippen LogP contribution in [0.2, 0.25) is 0 Å². The Morgan fingerprint density at radius 1 is 1.17 bits per heavy atom. The fourth-order valence-electron chi connectivity index (χ4n) is 1.71. The van der Waals surface area contributed by atoms with Gasteiger partial charge in [0, 0.05) is 5.88 Å². The van der Waals surface area contributed by atoms with Crippen LogP contribution in [0.25, 0.3) is 10.8 Å². The third kappa shape index (κ3) is 2.90. The van der Waals surface area contributed by atoms with Crippen molar-refractivity contribution in [2.45, 2.75) is 6.42 Å². The van der Waals surface area contributed by atoms with E-state index in [4.69, 9.17) is 16.3 Å².